The Kier molecular flexibility index (Phi) is 2.84. The quantitative estimate of drug-likeness (QED) is 0.686. The number of nitrogens with one attached hydrogen (secondary N) is 2. The third kappa shape index (κ3) is 2.30. The molecule has 2 aliphatic rings. The zero-order valence-electron chi connectivity index (χ0n) is 10.1. The monoisotopic (exact) mass is 228 g/mol. The van der Waals surface area contributed by atoms with Crippen LogP contribution in [0.3, 0.4) is 0 Å². The number of ether oxygens (including phenoxy) is 2. The van der Waals surface area contributed by atoms with Gasteiger partial charge in [0.05, 0.1) is 19.3 Å². The highest BCUT2D eigenvalue weighted by Crippen LogP contribution is 2.32. The SMILES string of the molecule is CC(C)(C)OC(=O)NC1COCC12CNC2. The summed E-state index contributed by atoms with van der Waals surface area (Å²) in [7, 11) is 0. The molecule has 92 valence electrons. The Labute approximate surface area is 95.9 Å². The molecule has 0 saturated carbocycles. The number of amides is 1. The van der Waals surface area contributed by atoms with Gasteiger partial charge in [0.2, 0.25) is 0 Å². The Morgan fingerprint density at radius 2 is 2.19 bits per heavy atom. The molecule has 1 atom stereocenters. The Balaban J connectivity index is 1.87. The fourth-order valence-electron chi connectivity index (χ4n) is 2.10. The van der Waals surface area contributed by atoms with Gasteiger partial charge in [-0.2, -0.15) is 0 Å². The van der Waals surface area contributed by atoms with E-state index in [0.29, 0.717) is 6.61 Å². The van der Waals surface area contributed by atoms with Crippen LogP contribution >= 0.6 is 0 Å². The zero-order chi connectivity index (χ0) is 11.8. The summed E-state index contributed by atoms with van der Waals surface area (Å²) < 4.78 is 10.7. The molecule has 2 heterocycles. The molecule has 16 heavy (non-hydrogen) atoms. The lowest BCUT2D eigenvalue weighted by Gasteiger charge is -2.42. The van der Waals surface area contributed by atoms with E-state index in [4.69, 9.17) is 9.47 Å². The van der Waals surface area contributed by atoms with Gasteiger partial charge in [0.1, 0.15) is 5.60 Å². The smallest absolute Gasteiger partial charge is 0.407 e. The van der Waals surface area contributed by atoms with Crippen LogP contribution in [0.5, 0.6) is 0 Å². The van der Waals surface area contributed by atoms with Gasteiger partial charge in [0.15, 0.2) is 0 Å². The Morgan fingerprint density at radius 1 is 1.50 bits per heavy atom. The van der Waals surface area contributed by atoms with Crippen LogP contribution in [0.15, 0.2) is 0 Å². The molecule has 2 rings (SSSR count). The Bertz CT molecular complexity index is 281. The van der Waals surface area contributed by atoms with E-state index in [1.54, 1.807) is 0 Å². The summed E-state index contributed by atoms with van der Waals surface area (Å²) in [5, 5.41) is 6.13. The van der Waals surface area contributed by atoms with Crippen LogP contribution < -0.4 is 10.6 Å². The molecule has 1 amide bonds. The molecular formula is C11H20N2O3. The van der Waals surface area contributed by atoms with Gasteiger partial charge in [-0.1, -0.05) is 0 Å². The van der Waals surface area contributed by atoms with E-state index in [0.717, 1.165) is 19.7 Å². The lowest BCUT2D eigenvalue weighted by atomic mass is 9.77. The Morgan fingerprint density at radius 3 is 2.69 bits per heavy atom. The summed E-state index contributed by atoms with van der Waals surface area (Å²) >= 11 is 0. The highest BCUT2D eigenvalue weighted by Gasteiger charge is 2.49. The molecule has 2 saturated heterocycles. The van der Waals surface area contributed by atoms with Crippen molar-refractivity contribution in [3.8, 4) is 0 Å². The van der Waals surface area contributed by atoms with Gasteiger partial charge in [-0.15, -0.1) is 0 Å². The molecule has 0 radical (unpaired) electrons. The predicted molar refractivity (Wildman–Crippen MR) is 59.3 cm³/mol. The minimum absolute atomic E-state index is 0.0728. The number of hydrogen-bond acceptors (Lipinski definition) is 4. The van der Waals surface area contributed by atoms with Crippen molar-refractivity contribution >= 4 is 6.09 Å². The normalized spacial score (nSPS) is 27.6. The van der Waals surface area contributed by atoms with E-state index in [-0.39, 0.29) is 17.6 Å². The van der Waals surface area contributed by atoms with Crippen molar-refractivity contribution in [2.75, 3.05) is 26.3 Å². The lowest BCUT2D eigenvalue weighted by Crippen LogP contribution is -2.64. The van der Waals surface area contributed by atoms with Crippen molar-refractivity contribution in [2.24, 2.45) is 5.41 Å². The number of carbonyl (C=O) groups excluding carboxylic acids is 1. The highest BCUT2D eigenvalue weighted by atomic mass is 16.6. The summed E-state index contributed by atoms with van der Waals surface area (Å²) in [6.45, 7) is 8.71. The van der Waals surface area contributed by atoms with Crippen LogP contribution in [0.25, 0.3) is 0 Å². The molecule has 2 N–H and O–H groups in total. The molecular weight excluding hydrogens is 208 g/mol. The zero-order valence-corrected chi connectivity index (χ0v) is 10.1. The second-order valence-electron chi connectivity index (χ2n) is 5.68. The summed E-state index contributed by atoms with van der Waals surface area (Å²) in [5.41, 5.74) is -0.356. The first-order chi connectivity index (χ1) is 7.41. The average Bonchev–Trinajstić information content (AvgIpc) is 2.42. The van der Waals surface area contributed by atoms with Crippen molar-refractivity contribution in [3.05, 3.63) is 0 Å². The molecule has 5 nitrogen and oxygen atoms in total. The summed E-state index contributed by atoms with van der Waals surface area (Å²) in [6.07, 6.45) is -0.353. The summed E-state index contributed by atoms with van der Waals surface area (Å²) in [4.78, 5) is 11.6. The maximum Gasteiger partial charge on any atom is 0.407 e. The maximum atomic E-state index is 11.6. The first-order valence-electron chi connectivity index (χ1n) is 5.69. The summed E-state index contributed by atoms with van der Waals surface area (Å²) in [5.74, 6) is 0. The molecule has 1 unspecified atom stereocenters. The van der Waals surface area contributed by atoms with Gasteiger partial charge in [-0.3, -0.25) is 0 Å². The van der Waals surface area contributed by atoms with Crippen molar-refractivity contribution in [2.45, 2.75) is 32.4 Å². The van der Waals surface area contributed by atoms with Crippen LogP contribution in [0.1, 0.15) is 20.8 Å². The number of alkyl carbamates (subject to hydrolysis) is 1. The lowest BCUT2D eigenvalue weighted by molar-refractivity contribution is 0.0434. The Hall–Kier alpha value is -0.810. The van der Waals surface area contributed by atoms with Crippen LogP contribution in [0, 0.1) is 5.41 Å². The third-order valence-corrected chi connectivity index (χ3v) is 3.06. The van der Waals surface area contributed by atoms with E-state index < -0.39 is 5.60 Å². The van der Waals surface area contributed by atoms with E-state index in [1.807, 2.05) is 20.8 Å². The molecule has 0 aromatic rings. The standard InChI is InChI=1S/C11H20N2O3/c1-10(2,3)16-9(14)13-8-4-15-7-11(8)5-12-6-11/h8,12H,4-7H2,1-3H3,(H,13,14). The topological polar surface area (TPSA) is 59.6 Å². The van der Waals surface area contributed by atoms with E-state index in [9.17, 15) is 4.79 Å². The van der Waals surface area contributed by atoms with Crippen LogP contribution in [0.4, 0.5) is 4.79 Å². The predicted octanol–water partition coefficient (Wildman–Crippen LogP) is 0.500. The van der Waals surface area contributed by atoms with E-state index in [1.165, 1.54) is 0 Å². The van der Waals surface area contributed by atoms with Gasteiger partial charge >= 0.3 is 6.09 Å². The molecule has 0 aliphatic carbocycles. The van der Waals surface area contributed by atoms with Crippen LogP contribution in [0.2, 0.25) is 0 Å². The number of rotatable bonds is 1. The van der Waals surface area contributed by atoms with Gasteiger partial charge < -0.3 is 20.1 Å². The van der Waals surface area contributed by atoms with Crippen molar-refractivity contribution in [3.63, 3.8) is 0 Å². The van der Waals surface area contributed by atoms with Crippen molar-refractivity contribution < 1.29 is 14.3 Å². The maximum absolute atomic E-state index is 11.6. The third-order valence-electron chi connectivity index (χ3n) is 3.06. The fraction of sp³-hybridized carbons (Fsp3) is 0.909. The second-order valence-corrected chi connectivity index (χ2v) is 5.68. The molecule has 0 aromatic carbocycles. The van der Waals surface area contributed by atoms with Crippen LogP contribution in [-0.4, -0.2) is 44.0 Å². The minimum Gasteiger partial charge on any atom is -0.444 e. The van der Waals surface area contributed by atoms with Crippen molar-refractivity contribution in [1.82, 2.24) is 10.6 Å². The molecule has 5 heteroatoms. The van der Waals surface area contributed by atoms with Gasteiger partial charge in [0.25, 0.3) is 0 Å². The number of carbonyl (C=O) groups is 1. The fourth-order valence-corrected chi connectivity index (χ4v) is 2.10. The van der Waals surface area contributed by atoms with Crippen molar-refractivity contribution in [1.29, 1.82) is 0 Å². The largest absolute Gasteiger partial charge is 0.444 e. The van der Waals surface area contributed by atoms with Gasteiger partial charge in [-0.25, -0.2) is 4.79 Å². The van der Waals surface area contributed by atoms with E-state index >= 15 is 0 Å². The molecule has 2 aliphatic heterocycles. The number of hydrogen-bond donors (Lipinski definition) is 2. The highest BCUT2D eigenvalue weighted by molar-refractivity contribution is 5.68. The molecule has 0 bridgehead atoms. The molecule has 0 aromatic heterocycles. The summed E-state index contributed by atoms with van der Waals surface area (Å²) in [6, 6.07) is 0.0728. The minimum atomic E-state index is -0.450. The first kappa shape index (κ1) is 11.7. The molecule has 2 fully saturated rings. The van der Waals surface area contributed by atoms with Gasteiger partial charge in [-0.05, 0) is 20.8 Å². The first-order valence-corrected chi connectivity index (χ1v) is 5.69. The van der Waals surface area contributed by atoms with Crippen LogP contribution in [-0.2, 0) is 9.47 Å². The average molecular weight is 228 g/mol. The van der Waals surface area contributed by atoms with Gasteiger partial charge in [0, 0.05) is 18.5 Å². The molecule has 1 spiro atoms. The second kappa shape index (κ2) is 3.89. The van der Waals surface area contributed by atoms with E-state index in [2.05, 4.69) is 10.6 Å².